The van der Waals surface area contributed by atoms with Crippen LogP contribution in [0.1, 0.15) is 27.3 Å². The maximum absolute atomic E-state index is 12.3. The molecule has 1 heterocycles. The molecule has 27 heavy (non-hydrogen) atoms. The predicted octanol–water partition coefficient (Wildman–Crippen LogP) is 5.09. The first kappa shape index (κ1) is 19.4. The van der Waals surface area contributed by atoms with E-state index in [0.717, 1.165) is 22.6 Å². The summed E-state index contributed by atoms with van der Waals surface area (Å²) >= 11 is 6.51. The van der Waals surface area contributed by atoms with Gasteiger partial charge in [-0.2, -0.15) is 5.10 Å². The van der Waals surface area contributed by atoms with E-state index < -0.39 is 5.91 Å². The molecule has 0 saturated carbocycles. The number of aromatic nitrogens is 1. The lowest BCUT2D eigenvalue weighted by molar-refractivity contribution is 0.0952. The van der Waals surface area contributed by atoms with Crippen LogP contribution in [0.25, 0.3) is 5.69 Å². The highest BCUT2D eigenvalue weighted by atomic mass is 79.9. The number of benzene rings is 2. The number of phenols is 1. The van der Waals surface area contributed by atoms with Gasteiger partial charge in [0.2, 0.25) is 0 Å². The first-order valence-corrected chi connectivity index (χ1v) is 9.73. The van der Waals surface area contributed by atoms with E-state index in [4.69, 9.17) is 0 Å². The summed E-state index contributed by atoms with van der Waals surface area (Å²) in [5, 5.41) is 14.1. The molecule has 0 bridgehead atoms. The molecule has 0 fully saturated rings. The highest BCUT2D eigenvalue weighted by molar-refractivity contribution is 9.11. The lowest BCUT2D eigenvalue weighted by Crippen LogP contribution is -2.18. The minimum Gasteiger partial charge on any atom is -0.506 e. The molecule has 2 N–H and O–H groups in total. The normalized spacial score (nSPS) is 11.1. The van der Waals surface area contributed by atoms with Crippen LogP contribution in [-0.4, -0.2) is 21.8 Å². The first-order chi connectivity index (χ1) is 12.9. The minimum atomic E-state index is -0.498. The van der Waals surface area contributed by atoms with Crippen molar-refractivity contribution in [3.05, 3.63) is 80.0 Å². The van der Waals surface area contributed by atoms with Crippen molar-refractivity contribution >= 4 is 44.0 Å². The zero-order valence-electron chi connectivity index (χ0n) is 14.7. The average molecular weight is 491 g/mol. The van der Waals surface area contributed by atoms with Crippen molar-refractivity contribution in [2.45, 2.75) is 13.8 Å². The van der Waals surface area contributed by atoms with Crippen LogP contribution in [0.15, 0.2) is 62.6 Å². The minimum absolute atomic E-state index is 0.128. The Balaban J connectivity index is 1.81. The summed E-state index contributed by atoms with van der Waals surface area (Å²) in [7, 11) is 0. The molecule has 0 unspecified atom stereocenters. The Morgan fingerprint density at radius 2 is 1.85 bits per heavy atom. The van der Waals surface area contributed by atoms with Crippen molar-refractivity contribution < 1.29 is 9.90 Å². The van der Waals surface area contributed by atoms with Gasteiger partial charge in [-0.25, -0.2) is 5.43 Å². The zero-order valence-corrected chi connectivity index (χ0v) is 17.9. The van der Waals surface area contributed by atoms with E-state index in [1.165, 1.54) is 6.07 Å². The van der Waals surface area contributed by atoms with E-state index in [1.54, 1.807) is 12.3 Å². The monoisotopic (exact) mass is 489 g/mol. The van der Waals surface area contributed by atoms with Crippen LogP contribution in [0.2, 0.25) is 0 Å². The molecular weight excluding hydrogens is 474 g/mol. The van der Waals surface area contributed by atoms with Crippen LogP contribution in [0.4, 0.5) is 0 Å². The van der Waals surface area contributed by atoms with Gasteiger partial charge in [0.25, 0.3) is 5.91 Å². The third-order valence-electron chi connectivity index (χ3n) is 4.13. The number of phenolic OH excluding ortho intramolecular Hbond substituents is 1. The van der Waals surface area contributed by atoms with Crippen LogP contribution >= 0.6 is 31.9 Å². The van der Waals surface area contributed by atoms with Crippen LogP contribution < -0.4 is 5.43 Å². The Morgan fingerprint density at radius 1 is 1.15 bits per heavy atom. The maximum atomic E-state index is 12.3. The van der Waals surface area contributed by atoms with Crippen molar-refractivity contribution in [1.29, 1.82) is 0 Å². The lowest BCUT2D eigenvalue weighted by atomic mass is 10.2. The number of carbonyl (C=O) groups is 1. The number of hydrogen-bond donors (Lipinski definition) is 2. The van der Waals surface area contributed by atoms with Gasteiger partial charge in [-0.1, -0.05) is 34.1 Å². The van der Waals surface area contributed by atoms with Crippen LogP contribution in [0.5, 0.6) is 5.75 Å². The molecule has 0 radical (unpaired) electrons. The predicted molar refractivity (Wildman–Crippen MR) is 114 cm³/mol. The van der Waals surface area contributed by atoms with Gasteiger partial charge in [0.1, 0.15) is 5.75 Å². The van der Waals surface area contributed by atoms with Crippen molar-refractivity contribution in [3.8, 4) is 11.4 Å². The summed E-state index contributed by atoms with van der Waals surface area (Å²) in [6.45, 7) is 4.02. The molecule has 0 aliphatic heterocycles. The fourth-order valence-corrected chi connectivity index (χ4v) is 4.08. The smallest absolute Gasteiger partial charge is 0.275 e. The van der Waals surface area contributed by atoms with E-state index in [2.05, 4.69) is 47.0 Å². The molecule has 5 nitrogen and oxygen atoms in total. The number of nitrogens with one attached hydrogen (secondary N) is 1. The van der Waals surface area contributed by atoms with Gasteiger partial charge in [0, 0.05) is 27.1 Å². The second kappa shape index (κ2) is 8.10. The Bertz CT molecular complexity index is 1030. The molecular formula is C20H17Br2N3O2. The second-order valence-electron chi connectivity index (χ2n) is 5.98. The highest BCUT2D eigenvalue weighted by Crippen LogP contribution is 2.31. The highest BCUT2D eigenvalue weighted by Gasteiger charge is 2.15. The Kier molecular flexibility index (Phi) is 5.82. The zero-order chi connectivity index (χ0) is 19.6. The standard InChI is InChI=1S/C20H17Br2N3O2/c1-12-8-14(13(2)25(12)16-6-4-3-5-7-16)11-23-24-20(27)17-9-15(21)10-18(22)19(17)26/h3-11,26H,1-2H3,(H,24,27)/b23-11-. The van der Waals surface area contributed by atoms with Crippen molar-refractivity contribution in [2.24, 2.45) is 5.10 Å². The summed E-state index contributed by atoms with van der Waals surface area (Å²) in [5.41, 5.74) is 6.64. The van der Waals surface area contributed by atoms with Gasteiger partial charge >= 0.3 is 0 Å². The molecule has 0 saturated heterocycles. The Morgan fingerprint density at radius 3 is 2.56 bits per heavy atom. The molecule has 3 rings (SSSR count). The summed E-state index contributed by atoms with van der Waals surface area (Å²) in [6, 6.07) is 15.2. The number of para-hydroxylation sites is 1. The second-order valence-corrected chi connectivity index (χ2v) is 7.75. The third kappa shape index (κ3) is 4.14. The van der Waals surface area contributed by atoms with Crippen LogP contribution in [0.3, 0.4) is 0 Å². The molecule has 0 spiro atoms. The quantitative estimate of drug-likeness (QED) is 0.395. The van der Waals surface area contributed by atoms with Gasteiger partial charge in [-0.15, -0.1) is 0 Å². The number of amides is 1. The molecule has 1 aromatic heterocycles. The fourth-order valence-electron chi connectivity index (χ4n) is 2.85. The van der Waals surface area contributed by atoms with Gasteiger partial charge in [-0.3, -0.25) is 4.79 Å². The molecule has 2 aromatic carbocycles. The summed E-state index contributed by atoms with van der Waals surface area (Å²) < 4.78 is 3.23. The number of carbonyl (C=O) groups excluding carboxylic acids is 1. The van der Waals surface area contributed by atoms with Crippen molar-refractivity contribution in [3.63, 3.8) is 0 Å². The van der Waals surface area contributed by atoms with E-state index in [1.807, 2.05) is 50.2 Å². The van der Waals surface area contributed by atoms with Gasteiger partial charge in [-0.05, 0) is 60.1 Å². The van der Waals surface area contributed by atoms with E-state index >= 15 is 0 Å². The van der Waals surface area contributed by atoms with E-state index in [9.17, 15) is 9.90 Å². The van der Waals surface area contributed by atoms with E-state index in [-0.39, 0.29) is 11.3 Å². The van der Waals surface area contributed by atoms with Crippen LogP contribution in [0, 0.1) is 13.8 Å². The number of hydrogen-bond acceptors (Lipinski definition) is 3. The number of aromatic hydroxyl groups is 1. The van der Waals surface area contributed by atoms with Gasteiger partial charge in [0.15, 0.2) is 0 Å². The van der Waals surface area contributed by atoms with Crippen LogP contribution in [-0.2, 0) is 0 Å². The molecule has 0 aliphatic rings. The average Bonchev–Trinajstić information content (AvgIpc) is 2.92. The third-order valence-corrected chi connectivity index (χ3v) is 5.19. The Labute approximate surface area is 174 Å². The molecule has 7 heteroatoms. The largest absolute Gasteiger partial charge is 0.506 e. The van der Waals surface area contributed by atoms with Gasteiger partial charge in [0.05, 0.1) is 16.3 Å². The van der Waals surface area contributed by atoms with E-state index in [0.29, 0.717) is 8.95 Å². The number of rotatable bonds is 4. The SMILES string of the molecule is Cc1cc(/C=N\NC(=O)c2cc(Br)cc(Br)c2O)c(C)n1-c1ccccc1. The molecule has 138 valence electrons. The lowest BCUT2D eigenvalue weighted by Gasteiger charge is -2.09. The Hall–Kier alpha value is -2.38. The summed E-state index contributed by atoms with van der Waals surface area (Å²) in [5.74, 6) is -0.629. The first-order valence-electron chi connectivity index (χ1n) is 8.14. The number of nitrogens with zero attached hydrogens (tertiary/aromatic N) is 2. The molecule has 0 atom stereocenters. The summed E-state index contributed by atoms with van der Waals surface area (Å²) in [6.07, 6.45) is 1.60. The number of aryl methyl sites for hydroxylation is 1. The van der Waals surface area contributed by atoms with Crippen molar-refractivity contribution in [2.75, 3.05) is 0 Å². The van der Waals surface area contributed by atoms with Crippen molar-refractivity contribution in [1.82, 2.24) is 9.99 Å². The molecule has 3 aromatic rings. The summed E-state index contributed by atoms with van der Waals surface area (Å²) in [4.78, 5) is 12.3. The van der Waals surface area contributed by atoms with Gasteiger partial charge < -0.3 is 9.67 Å². The topological polar surface area (TPSA) is 66.6 Å². The molecule has 0 aliphatic carbocycles. The number of hydrazone groups is 1. The number of halogens is 2. The molecule has 1 amide bonds. The maximum Gasteiger partial charge on any atom is 0.275 e. The fraction of sp³-hybridized carbons (Fsp3) is 0.100.